The van der Waals surface area contributed by atoms with E-state index in [2.05, 4.69) is 254 Å². The fraction of sp³-hybridized carbons (Fsp3) is 0. The highest BCUT2D eigenvalue weighted by Crippen LogP contribution is 2.47. The standard InChI is InChI=1S/C58H41NSSi/c1-5-19-43(20-6-1)53-33-17-35-55-57(53)58-54(34-18-36-56(58)60-55)59(45-39-37-44(38-40-45)52-32-15-22-42-21-13-14-31-51(42)52)46-23-16-30-50(41-46)61(47-24-7-2-8-25-47,48-26-9-3-10-27-48)49-28-11-4-12-29-49/h1-41H. The first kappa shape index (κ1) is 36.8. The van der Waals surface area contributed by atoms with E-state index >= 15 is 0 Å². The summed E-state index contributed by atoms with van der Waals surface area (Å²) < 4.78 is 2.55. The van der Waals surface area contributed by atoms with Gasteiger partial charge in [-0.15, -0.1) is 11.3 Å². The Hall–Kier alpha value is -7.30. The molecule has 0 atom stereocenters. The van der Waals surface area contributed by atoms with E-state index in [1.807, 2.05) is 11.3 Å². The first-order valence-corrected chi connectivity index (χ1v) is 23.7. The molecule has 0 unspecified atom stereocenters. The molecule has 0 radical (unpaired) electrons. The third-order valence-electron chi connectivity index (χ3n) is 12.2. The molecule has 0 N–H and O–H groups in total. The highest BCUT2D eigenvalue weighted by Gasteiger charge is 2.41. The van der Waals surface area contributed by atoms with Crippen LogP contribution in [0.1, 0.15) is 0 Å². The van der Waals surface area contributed by atoms with E-state index in [0.29, 0.717) is 0 Å². The van der Waals surface area contributed by atoms with Gasteiger partial charge in [-0.05, 0) is 96.2 Å². The van der Waals surface area contributed by atoms with Crippen LogP contribution in [-0.2, 0) is 0 Å². The Bertz CT molecular complexity index is 3190. The average Bonchev–Trinajstić information content (AvgIpc) is 3.73. The van der Waals surface area contributed by atoms with E-state index in [1.165, 1.54) is 73.9 Å². The van der Waals surface area contributed by atoms with Gasteiger partial charge in [-0.25, -0.2) is 0 Å². The Morgan fingerprint density at radius 3 is 1.49 bits per heavy atom. The fourth-order valence-corrected chi connectivity index (χ4v) is 15.5. The molecule has 10 aromatic carbocycles. The summed E-state index contributed by atoms with van der Waals surface area (Å²) in [6.07, 6.45) is 0. The van der Waals surface area contributed by atoms with Crippen LogP contribution in [0.15, 0.2) is 249 Å². The van der Waals surface area contributed by atoms with Crippen molar-refractivity contribution in [1.82, 2.24) is 0 Å². The van der Waals surface area contributed by atoms with E-state index in [4.69, 9.17) is 0 Å². The van der Waals surface area contributed by atoms with Crippen LogP contribution in [0.5, 0.6) is 0 Å². The Balaban J connectivity index is 1.18. The van der Waals surface area contributed by atoms with E-state index in [9.17, 15) is 0 Å². The highest BCUT2D eigenvalue weighted by atomic mass is 32.1. The van der Waals surface area contributed by atoms with Gasteiger partial charge in [0.2, 0.25) is 0 Å². The minimum atomic E-state index is -2.82. The van der Waals surface area contributed by atoms with Gasteiger partial charge in [0.25, 0.3) is 0 Å². The first-order valence-electron chi connectivity index (χ1n) is 20.9. The van der Waals surface area contributed by atoms with Crippen molar-refractivity contribution in [2.24, 2.45) is 0 Å². The van der Waals surface area contributed by atoms with Crippen molar-refractivity contribution in [3.05, 3.63) is 249 Å². The smallest absolute Gasteiger partial charge is 0.179 e. The molecule has 1 nitrogen and oxygen atoms in total. The van der Waals surface area contributed by atoms with Crippen LogP contribution < -0.4 is 25.6 Å². The van der Waals surface area contributed by atoms with Gasteiger partial charge in [0.05, 0.1) is 5.69 Å². The third kappa shape index (κ3) is 6.38. The van der Waals surface area contributed by atoms with Gasteiger partial charge in [-0.1, -0.05) is 206 Å². The Kier molecular flexibility index (Phi) is 9.46. The van der Waals surface area contributed by atoms with Gasteiger partial charge in [-0.3, -0.25) is 0 Å². The van der Waals surface area contributed by atoms with Crippen LogP contribution >= 0.6 is 11.3 Å². The van der Waals surface area contributed by atoms with Crippen LogP contribution in [-0.4, -0.2) is 8.07 Å². The summed E-state index contributed by atoms with van der Waals surface area (Å²) >= 11 is 1.87. The van der Waals surface area contributed by atoms with Gasteiger partial charge in [0.1, 0.15) is 0 Å². The third-order valence-corrected chi connectivity index (χ3v) is 18.1. The molecule has 0 bridgehead atoms. The molecule has 288 valence electrons. The molecule has 0 aliphatic heterocycles. The Labute approximate surface area is 362 Å². The van der Waals surface area contributed by atoms with Gasteiger partial charge in [0, 0.05) is 31.5 Å². The van der Waals surface area contributed by atoms with Crippen molar-refractivity contribution in [1.29, 1.82) is 0 Å². The molecule has 0 aliphatic rings. The molecule has 11 rings (SSSR count). The zero-order valence-corrected chi connectivity index (χ0v) is 35.3. The van der Waals surface area contributed by atoms with Gasteiger partial charge in [0.15, 0.2) is 8.07 Å². The van der Waals surface area contributed by atoms with Crippen LogP contribution in [0, 0.1) is 0 Å². The van der Waals surface area contributed by atoms with Gasteiger partial charge >= 0.3 is 0 Å². The SMILES string of the molecule is c1ccc(-c2cccc3sc4cccc(N(c5ccc(-c6cccc7ccccc67)cc5)c5cccc([Si](c6ccccc6)(c6ccccc6)c6ccccc6)c5)c4c23)cc1. The minimum absolute atomic E-state index is 1.11. The summed E-state index contributed by atoms with van der Waals surface area (Å²) in [6.45, 7) is 0. The zero-order chi connectivity index (χ0) is 40.6. The van der Waals surface area contributed by atoms with Crippen LogP contribution in [0.25, 0.3) is 53.2 Å². The molecule has 11 aromatic rings. The van der Waals surface area contributed by atoms with Crippen molar-refractivity contribution >= 4 is 88.2 Å². The van der Waals surface area contributed by atoms with E-state index in [1.54, 1.807) is 0 Å². The summed E-state index contributed by atoms with van der Waals surface area (Å²) in [7, 11) is -2.82. The summed E-state index contributed by atoms with van der Waals surface area (Å²) in [6, 6.07) is 92.0. The maximum atomic E-state index is 2.51. The van der Waals surface area contributed by atoms with Gasteiger partial charge < -0.3 is 4.90 Å². The van der Waals surface area contributed by atoms with Crippen LogP contribution in [0.3, 0.4) is 0 Å². The number of benzene rings is 10. The van der Waals surface area contributed by atoms with Crippen molar-refractivity contribution in [3.63, 3.8) is 0 Å². The molecule has 3 heteroatoms. The van der Waals surface area contributed by atoms with E-state index in [-0.39, 0.29) is 0 Å². The van der Waals surface area contributed by atoms with Crippen molar-refractivity contribution in [3.8, 4) is 22.3 Å². The quantitative estimate of drug-likeness (QED) is 0.104. The number of rotatable bonds is 9. The molecule has 61 heavy (non-hydrogen) atoms. The number of hydrogen-bond acceptors (Lipinski definition) is 2. The highest BCUT2D eigenvalue weighted by molar-refractivity contribution is 7.26. The topological polar surface area (TPSA) is 3.24 Å². The summed E-state index contributed by atoms with van der Waals surface area (Å²) in [5.74, 6) is 0. The van der Waals surface area contributed by atoms with E-state index < -0.39 is 8.07 Å². The lowest BCUT2D eigenvalue weighted by atomic mass is 9.97. The molecule has 0 saturated heterocycles. The Morgan fingerprint density at radius 1 is 0.328 bits per heavy atom. The number of thiophene rings is 1. The van der Waals surface area contributed by atoms with Crippen molar-refractivity contribution < 1.29 is 0 Å². The minimum Gasteiger partial charge on any atom is -0.310 e. The molecular weight excluding hydrogens is 771 g/mol. The lowest BCUT2D eigenvalue weighted by molar-refractivity contribution is 1.30. The fourth-order valence-electron chi connectivity index (χ4n) is 9.53. The molecule has 0 fully saturated rings. The summed E-state index contributed by atoms with van der Waals surface area (Å²) in [4.78, 5) is 2.51. The summed E-state index contributed by atoms with van der Waals surface area (Å²) in [5, 5.41) is 10.5. The van der Waals surface area contributed by atoms with E-state index in [0.717, 1.165) is 17.1 Å². The van der Waals surface area contributed by atoms with Gasteiger partial charge in [-0.2, -0.15) is 0 Å². The largest absolute Gasteiger partial charge is 0.310 e. The molecule has 1 heterocycles. The van der Waals surface area contributed by atoms with Crippen LogP contribution in [0.2, 0.25) is 0 Å². The zero-order valence-electron chi connectivity index (χ0n) is 33.5. The van der Waals surface area contributed by atoms with Crippen molar-refractivity contribution in [2.45, 2.75) is 0 Å². The monoisotopic (exact) mass is 811 g/mol. The maximum absolute atomic E-state index is 2.82. The predicted octanol–water partition coefficient (Wildman–Crippen LogP) is 13.4. The first-order chi connectivity index (χ1) is 30.3. The second-order valence-electron chi connectivity index (χ2n) is 15.6. The molecule has 1 aromatic heterocycles. The summed E-state index contributed by atoms with van der Waals surface area (Å²) in [5.41, 5.74) is 8.30. The average molecular weight is 812 g/mol. The molecule has 0 amide bonds. The molecule has 0 saturated carbocycles. The number of nitrogens with zero attached hydrogens (tertiary/aromatic N) is 1. The predicted molar refractivity (Wildman–Crippen MR) is 266 cm³/mol. The second kappa shape index (κ2) is 15.7. The molecule has 0 aliphatic carbocycles. The second-order valence-corrected chi connectivity index (χ2v) is 20.5. The van der Waals surface area contributed by atoms with Crippen LogP contribution in [0.4, 0.5) is 17.1 Å². The number of fused-ring (bicyclic) bond motifs is 4. The maximum Gasteiger partial charge on any atom is 0.179 e. The normalized spacial score (nSPS) is 11.6. The number of hydrogen-bond donors (Lipinski definition) is 0. The van der Waals surface area contributed by atoms with Crippen molar-refractivity contribution in [2.75, 3.05) is 4.90 Å². The number of anilines is 3. The molecular formula is C58H41NSSi. The lowest BCUT2D eigenvalue weighted by Crippen LogP contribution is -2.74. The lowest BCUT2D eigenvalue weighted by Gasteiger charge is -2.35. The molecule has 0 spiro atoms. The Morgan fingerprint density at radius 2 is 0.820 bits per heavy atom.